The van der Waals surface area contributed by atoms with Crippen LogP contribution in [0.25, 0.3) is 0 Å². The molecular weight excluding hydrogens is 694 g/mol. The molecule has 0 fully saturated rings. The molecule has 2 rings (SSSR count). The first-order valence-electron chi connectivity index (χ1n) is 6.46. The molecule has 0 aliphatic carbocycles. The highest BCUT2D eigenvalue weighted by Gasteiger charge is 2.34. The minimum absolute atomic E-state index is 0.522. The van der Waals surface area contributed by atoms with Gasteiger partial charge in [-0.25, -0.2) is 9.98 Å². The minimum atomic E-state index is -0.711. The Balaban J connectivity index is 2.26. The fourth-order valence-corrected chi connectivity index (χ4v) is 2.79. The van der Waals surface area contributed by atoms with E-state index in [0.29, 0.717) is 23.9 Å². The molecule has 0 unspecified atom stereocenters. The number of furan rings is 1. The van der Waals surface area contributed by atoms with Crippen molar-refractivity contribution in [1.29, 1.82) is 0 Å². The normalized spacial score (nSPS) is 17.8. The number of nitrogens with one attached hydrogen (secondary N) is 1. The number of amidine groups is 2. The quantitative estimate of drug-likeness (QED) is 0.376. The Kier molecular flexibility index (Phi) is 7.22. The Morgan fingerprint density at radius 3 is 2.22 bits per heavy atom. The van der Waals surface area contributed by atoms with E-state index in [4.69, 9.17) is 4.42 Å². The molecule has 0 saturated heterocycles. The Bertz CT molecular complexity index is 666. The van der Waals surface area contributed by atoms with E-state index in [1.54, 1.807) is 0 Å². The number of aliphatic imine (C=N–C) groups is 2. The second-order valence-corrected chi connectivity index (χ2v) is 18.1. The van der Waals surface area contributed by atoms with Gasteiger partial charge in [0.2, 0.25) is 0 Å². The maximum Gasteiger partial charge on any atom is 0.194 e. The number of rotatable bonds is 3. The first kappa shape index (κ1) is 20.4. The van der Waals surface area contributed by atoms with Gasteiger partial charge in [-0.05, 0) is 18.2 Å². The Morgan fingerprint density at radius 1 is 1.04 bits per heavy atom. The van der Waals surface area contributed by atoms with Crippen molar-refractivity contribution < 1.29 is 4.42 Å². The van der Waals surface area contributed by atoms with Crippen LogP contribution in [0.15, 0.2) is 38.4 Å². The van der Waals surface area contributed by atoms with Crippen LogP contribution in [0.3, 0.4) is 0 Å². The highest BCUT2D eigenvalue weighted by atomic mass is 80.0. The summed E-state index contributed by atoms with van der Waals surface area (Å²) in [6.45, 7) is 2.06. The molecule has 10 heteroatoms. The van der Waals surface area contributed by atoms with Gasteiger partial charge >= 0.3 is 0 Å². The smallest absolute Gasteiger partial charge is 0.194 e. The number of hydrogen-bond donors (Lipinski definition) is 1. The van der Waals surface area contributed by atoms with Crippen molar-refractivity contribution in [3.8, 4) is 0 Å². The molecule has 23 heavy (non-hydrogen) atoms. The van der Waals surface area contributed by atoms with Crippen molar-refractivity contribution in [3.63, 3.8) is 0 Å². The van der Waals surface area contributed by atoms with Crippen LogP contribution in [0.4, 0.5) is 0 Å². The molecule has 0 bridgehead atoms. The Labute approximate surface area is 184 Å². The van der Waals surface area contributed by atoms with E-state index in [1.807, 2.05) is 18.2 Å². The van der Waals surface area contributed by atoms with Crippen LogP contribution in [0.1, 0.15) is 18.4 Å². The number of hydrogen-bond acceptors (Lipinski definition) is 4. The van der Waals surface area contributed by atoms with E-state index in [9.17, 15) is 0 Å². The van der Waals surface area contributed by atoms with E-state index in [1.165, 1.54) is 0 Å². The van der Waals surface area contributed by atoms with Gasteiger partial charge in [-0.2, -0.15) is 0 Å². The number of nitrogens with zero attached hydrogens (tertiary/aromatic N) is 2. The van der Waals surface area contributed by atoms with Crippen molar-refractivity contribution >= 4 is 107 Å². The fourth-order valence-electron chi connectivity index (χ4n) is 1.70. The zero-order valence-electron chi connectivity index (χ0n) is 11.7. The number of allylic oxidation sites excluding steroid dienone is 1. The maximum absolute atomic E-state index is 5.71. The number of halogens is 6. The fraction of sp³-hybridized carbons (Fsp3) is 0.385. The van der Waals surface area contributed by atoms with Gasteiger partial charge in [-0.1, -0.05) is 103 Å². The van der Waals surface area contributed by atoms with Gasteiger partial charge in [0.1, 0.15) is 23.2 Å². The molecule has 4 nitrogen and oxygen atoms in total. The van der Waals surface area contributed by atoms with Crippen molar-refractivity contribution in [2.75, 3.05) is 0 Å². The van der Waals surface area contributed by atoms with Crippen molar-refractivity contribution in [3.05, 3.63) is 35.6 Å². The van der Waals surface area contributed by atoms with Crippen LogP contribution in [0.2, 0.25) is 0 Å². The first-order chi connectivity index (χ1) is 10.6. The standard InChI is InChI=1S/C13H11Br6N3O/c1-2-7-3-4-8(23-7)5-6-9-20-10(12(14,15)16)22-11(21-9)13(17,18)19/h3-4,6H,2,5H2,1H3,(H,20,21,22). The van der Waals surface area contributed by atoms with Crippen molar-refractivity contribution in [2.45, 2.75) is 24.1 Å². The van der Waals surface area contributed by atoms with E-state index in [2.05, 4.69) is 118 Å². The SMILES string of the molecule is CCc1ccc(CC=C2N=C(C(Br)(Br)Br)N=C(C(Br)(Br)Br)N2)o1. The monoisotopic (exact) mass is 699 g/mol. The average molecular weight is 705 g/mol. The van der Waals surface area contributed by atoms with Gasteiger partial charge in [0.05, 0.1) is 0 Å². The molecule has 1 aliphatic rings. The average Bonchev–Trinajstić information content (AvgIpc) is 2.91. The lowest BCUT2D eigenvalue weighted by Gasteiger charge is -2.24. The predicted molar refractivity (Wildman–Crippen MR) is 117 cm³/mol. The van der Waals surface area contributed by atoms with Gasteiger partial charge in [0.25, 0.3) is 0 Å². The molecule has 0 radical (unpaired) electrons. The maximum atomic E-state index is 5.71. The second kappa shape index (κ2) is 8.16. The van der Waals surface area contributed by atoms with Crippen LogP contribution in [-0.2, 0) is 12.8 Å². The number of aryl methyl sites for hydroxylation is 1. The predicted octanol–water partition coefficient (Wildman–Crippen LogP) is 6.30. The molecule has 0 aromatic carbocycles. The summed E-state index contributed by atoms with van der Waals surface area (Å²) in [6.07, 6.45) is 3.46. The van der Waals surface area contributed by atoms with Gasteiger partial charge in [-0.3, -0.25) is 0 Å². The third kappa shape index (κ3) is 6.06. The van der Waals surface area contributed by atoms with Crippen LogP contribution in [-0.4, -0.2) is 16.0 Å². The van der Waals surface area contributed by atoms with Crippen LogP contribution < -0.4 is 5.32 Å². The largest absolute Gasteiger partial charge is 0.466 e. The molecular formula is C13H11Br6N3O. The first-order valence-corrected chi connectivity index (χ1v) is 11.2. The van der Waals surface area contributed by atoms with Crippen LogP contribution in [0, 0.1) is 0 Å². The van der Waals surface area contributed by atoms with Crippen molar-refractivity contribution in [2.24, 2.45) is 9.98 Å². The molecule has 0 amide bonds. The van der Waals surface area contributed by atoms with Gasteiger partial charge in [0.15, 0.2) is 10.1 Å². The summed E-state index contributed by atoms with van der Waals surface area (Å²) < 4.78 is 4.32. The molecule has 1 N–H and O–H groups in total. The summed E-state index contributed by atoms with van der Waals surface area (Å²) in [5.41, 5.74) is 0. The minimum Gasteiger partial charge on any atom is -0.466 e. The van der Waals surface area contributed by atoms with Crippen LogP contribution >= 0.6 is 95.6 Å². The van der Waals surface area contributed by atoms with Crippen molar-refractivity contribution in [1.82, 2.24) is 5.32 Å². The molecule has 126 valence electrons. The van der Waals surface area contributed by atoms with Gasteiger partial charge < -0.3 is 9.73 Å². The molecule has 1 aliphatic heterocycles. The van der Waals surface area contributed by atoms with E-state index >= 15 is 0 Å². The lowest BCUT2D eigenvalue weighted by Crippen LogP contribution is -2.38. The molecule has 1 aromatic rings. The summed E-state index contributed by atoms with van der Waals surface area (Å²) in [5.74, 6) is 3.67. The summed E-state index contributed by atoms with van der Waals surface area (Å²) >= 11 is 20.7. The van der Waals surface area contributed by atoms with E-state index in [0.717, 1.165) is 17.9 Å². The number of alkyl halides is 6. The summed E-state index contributed by atoms with van der Waals surface area (Å²) in [7, 11) is 0. The van der Waals surface area contributed by atoms with Gasteiger partial charge in [0, 0.05) is 12.8 Å². The second-order valence-electron chi connectivity index (χ2n) is 4.53. The molecule has 0 saturated carbocycles. The third-order valence-corrected chi connectivity index (χ3v) is 4.97. The van der Waals surface area contributed by atoms with E-state index < -0.39 is 4.29 Å². The zero-order chi connectivity index (χ0) is 17.3. The highest BCUT2D eigenvalue weighted by molar-refractivity contribution is 9.40. The van der Waals surface area contributed by atoms with Crippen LogP contribution in [0.5, 0.6) is 0 Å². The Hall–Kier alpha value is 1.04. The van der Waals surface area contributed by atoms with E-state index in [-0.39, 0.29) is 0 Å². The molecule has 0 spiro atoms. The molecule has 2 heterocycles. The lowest BCUT2D eigenvalue weighted by atomic mass is 10.3. The zero-order valence-corrected chi connectivity index (χ0v) is 21.2. The summed E-state index contributed by atoms with van der Waals surface area (Å²) in [4.78, 5) is 8.95. The third-order valence-electron chi connectivity index (χ3n) is 2.77. The topological polar surface area (TPSA) is 49.9 Å². The summed E-state index contributed by atoms with van der Waals surface area (Å²) in [6, 6.07) is 3.97. The highest BCUT2D eigenvalue weighted by Crippen LogP contribution is 2.40. The van der Waals surface area contributed by atoms with Gasteiger partial charge in [-0.15, -0.1) is 0 Å². The summed E-state index contributed by atoms with van der Waals surface area (Å²) in [5, 5.41) is 3.17. The lowest BCUT2D eigenvalue weighted by molar-refractivity contribution is 0.479. The Morgan fingerprint density at radius 2 is 1.70 bits per heavy atom. The molecule has 0 atom stereocenters. The molecule has 1 aromatic heterocycles.